The molecule has 63 heavy (non-hydrogen) atoms. The number of hydrogen-bond acceptors (Lipinski definition) is 5. The van der Waals surface area contributed by atoms with Crippen LogP contribution in [0.25, 0.3) is 67.5 Å². The number of ether oxygens (including phenoxy) is 2. The van der Waals surface area contributed by atoms with Crippen LogP contribution in [0.1, 0.15) is 39.5 Å². The van der Waals surface area contributed by atoms with Crippen molar-refractivity contribution in [2.45, 2.75) is 39.5 Å². The molecule has 0 aliphatic carbocycles. The molecule has 0 N–H and O–H groups in total. The molecular weight excluding hydrogens is 901 g/mol. The maximum absolute atomic E-state index is 8.60. The minimum absolute atomic E-state index is 0. The molecule has 0 saturated heterocycles. The average molecular weight is 953 g/mol. The van der Waals surface area contributed by atoms with Crippen molar-refractivity contribution in [3.05, 3.63) is 194 Å². The van der Waals surface area contributed by atoms with Gasteiger partial charge in [-0.05, 0) is 96.8 Å². The summed E-state index contributed by atoms with van der Waals surface area (Å²) in [7, 11) is 0. The second-order valence-electron chi connectivity index (χ2n) is 14.3. The van der Waals surface area contributed by atoms with Crippen LogP contribution in [-0.4, -0.2) is 34.3 Å². The average Bonchev–Trinajstić information content (AvgIpc) is 3.33. The first-order valence-corrected chi connectivity index (χ1v) is 24.0. The topological polar surface area (TPSA) is 104 Å². The van der Waals surface area contributed by atoms with Gasteiger partial charge in [-0.2, -0.15) is 0 Å². The van der Waals surface area contributed by atoms with Crippen molar-refractivity contribution in [2.24, 2.45) is 0 Å². The van der Waals surface area contributed by atoms with E-state index in [4.69, 9.17) is 28.1 Å². The van der Waals surface area contributed by atoms with Crippen molar-refractivity contribution >= 4 is 21.0 Å². The predicted molar refractivity (Wildman–Crippen MR) is 249 cm³/mol. The van der Waals surface area contributed by atoms with Crippen LogP contribution in [0, 0.1) is 0 Å². The third kappa shape index (κ3) is 14.9. The van der Waals surface area contributed by atoms with Crippen LogP contribution < -0.4 is 16.2 Å². The molecule has 0 amide bonds. The number of benzene rings is 6. The van der Waals surface area contributed by atoms with Crippen molar-refractivity contribution in [2.75, 3.05) is 13.2 Å². The van der Waals surface area contributed by atoms with E-state index in [0.29, 0.717) is 0 Å². The minimum atomic E-state index is -4.20. The molecule has 0 aliphatic heterocycles. The maximum atomic E-state index is 8.60. The van der Waals surface area contributed by atoms with Crippen molar-refractivity contribution in [3.8, 4) is 79.0 Å². The molecule has 0 saturated carbocycles. The normalized spacial score (nSPS) is 10.2. The standard InChI is InChI=1S/2C27H25O2.FH.3O.Sb/c2*1-2-3-18-28-25-16-14-21(15-17-25)24-19-26(22-10-6-4-7-11-22)29-27(20-24)23-12-8-5-9-13-23;;;;;/h2*4-17,19-20H,2-3,18H2,1H3;1H;;;;/q2*+1;;;2*-1;. The third-order valence-corrected chi connectivity index (χ3v) is 9.73. The summed E-state index contributed by atoms with van der Waals surface area (Å²) >= 11 is -4.20. The van der Waals surface area contributed by atoms with Crippen LogP contribution in [0.3, 0.4) is 0 Å². The van der Waals surface area contributed by atoms with Gasteiger partial charge in [-0.1, -0.05) is 124 Å². The Balaban J connectivity index is 0.000000216. The van der Waals surface area contributed by atoms with Gasteiger partial charge in [0.2, 0.25) is 0 Å². The molecule has 321 valence electrons. The molecule has 1 radical (unpaired) electrons. The van der Waals surface area contributed by atoms with E-state index in [2.05, 4.69) is 111 Å². The Hall–Kier alpha value is -6.31. The SMILES string of the molecule is CCCCOc1ccc(-c2cc(-c3ccccc3)[o+]c(-c3ccccc3)c2)cc1.CCCCOc1ccc(-c2cc(-c3ccccc3)[o+]c(-c3ccccc3)c2)cc1.F.[O]=[Sb]([O-])[O-]. The van der Waals surface area contributed by atoms with E-state index in [1.807, 2.05) is 97.1 Å². The van der Waals surface area contributed by atoms with Crippen molar-refractivity contribution in [1.29, 1.82) is 0 Å². The summed E-state index contributed by atoms with van der Waals surface area (Å²) in [5.41, 5.74) is 8.76. The van der Waals surface area contributed by atoms with Gasteiger partial charge >= 0.3 is 53.9 Å². The summed E-state index contributed by atoms with van der Waals surface area (Å²) in [6.07, 6.45) is 4.41. The van der Waals surface area contributed by atoms with Crippen LogP contribution in [0.15, 0.2) is 203 Å². The zero-order valence-corrected chi connectivity index (χ0v) is 38.0. The quantitative estimate of drug-likeness (QED) is 0.0607. The van der Waals surface area contributed by atoms with Gasteiger partial charge in [0.25, 0.3) is 0 Å². The molecule has 7 nitrogen and oxygen atoms in total. The second-order valence-corrected chi connectivity index (χ2v) is 15.6. The van der Waals surface area contributed by atoms with Gasteiger partial charge in [0.15, 0.2) is 0 Å². The van der Waals surface area contributed by atoms with E-state index < -0.39 is 21.0 Å². The molecular formula is C54H51FO7Sb. The van der Waals surface area contributed by atoms with Gasteiger partial charge in [-0.3, -0.25) is 4.70 Å². The van der Waals surface area contributed by atoms with E-state index in [1.54, 1.807) is 0 Å². The first-order valence-electron chi connectivity index (χ1n) is 20.9. The van der Waals surface area contributed by atoms with Crippen LogP contribution >= 0.6 is 0 Å². The zero-order valence-electron chi connectivity index (χ0n) is 35.4. The van der Waals surface area contributed by atoms with Gasteiger partial charge in [0.05, 0.1) is 59.7 Å². The second kappa shape index (κ2) is 25.6. The van der Waals surface area contributed by atoms with Crippen molar-refractivity contribution < 1.29 is 32.8 Å². The Bertz CT molecular complexity index is 2260. The molecule has 6 aromatic carbocycles. The Morgan fingerprint density at radius 1 is 0.397 bits per heavy atom. The first-order chi connectivity index (χ1) is 30.4. The van der Waals surface area contributed by atoms with Crippen molar-refractivity contribution in [3.63, 3.8) is 0 Å². The summed E-state index contributed by atoms with van der Waals surface area (Å²) < 4.78 is 50.0. The fourth-order valence-electron chi connectivity index (χ4n) is 6.47. The van der Waals surface area contributed by atoms with Gasteiger partial charge < -0.3 is 9.47 Å². The van der Waals surface area contributed by atoms with Gasteiger partial charge in [-0.15, -0.1) is 0 Å². The Morgan fingerprint density at radius 3 is 0.889 bits per heavy atom. The van der Waals surface area contributed by atoms with Gasteiger partial charge in [-0.25, -0.2) is 8.83 Å². The van der Waals surface area contributed by atoms with Crippen LogP contribution in [0.2, 0.25) is 0 Å². The molecule has 8 rings (SSSR count). The summed E-state index contributed by atoms with van der Waals surface area (Å²) in [5, 5.41) is 0. The molecule has 8 aromatic rings. The Morgan fingerprint density at radius 2 is 0.651 bits per heavy atom. The van der Waals surface area contributed by atoms with E-state index in [-0.39, 0.29) is 4.70 Å². The molecule has 2 heterocycles. The van der Waals surface area contributed by atoms with E-state index in [1.165, 1.54) is 0 Å². The summed E-state index contributed by atoms with van der Waals surface area (Å²) in [6.45, 7) is 5.86. The number of halogens is 1. The Labute approximate surface area is 377 Å². The molecule has 0 unspecified atom stereocenters. The number of rotatable bonds is 14. The summed E-state index contributed by atoms with van der Waals surface area (Å²) in [6, 6.07) is 65.9. The summed E-state index contributed by atoms with van der Waals surface area (Å²) in [5.74, 6) is 5.23. The number of unbranched alkanes of at least 4 members (excludes halogenated alkanes) is 2. The Kier molecular flexibility index (Phi) is 19.4. The molecule has 0 aliphatic rings. The molecule has 0 bridgehead atoms. The van der Waals surface area contributed by atoms with Crippen molar-refractivity contribution in [1.82, 2.24) is 0 Å². The third-order valence-electron chi connectivity index (χ3n) is 9.73. The van der Waals surface area contributed by atoms with Gasteiger partial charge in [0.1, 0.15) is 11.5 Å². The van der Waals surface area contributed by atoms with Gasteiger partial charge in [0, 0.05) is 11.1 Å². The van der Waals surface area contributed by atoms with Crippen LogP contribution in [-0.2, 0) is 3.02 Å². The van der Waals surface area contributed by atoms with Crippen LogP contribution in [0.4, 0.5) is 4.70 Å². The fourth-order valence-corrected chi connectivity index (χ4v) is 6.47. The monoisotopic (exact) mass is 951 g/mol. The number of hydrogen-bond donors (Lipinski definition) is 0. The summed E-state index contributed by atoms with van der Waals surface area (Å²) in [4.78, 5) is 0. The predicted octanol–water partition coefficient (Wildman–Crippen LogP) is 12.8. The zero-order chi connectivity index (χ0) is 43.4. The van der Waals surface area contributed by atoms with E-state index >= 15 is 0 Å². The van der Waals surface area contributed by atoms with E-state index in [9.17, 15) is 0 Å². The first kappa shape index (κ1) is 47.7. The van der Waals surface area contributed by atoms with E-state index in [0.717, 1.165) is 118 Å². The molecule has 9 heteroatoms. The molecule has 0 spiro atoms. The van der Waals surface area contributed by atoms with Crippen LogP contribution in [0.5, 0.6) is 11.5 Å². The molecule has 2 aromatic heterocycles. The molecule has 0 fully saturated rings. The molecule has 0 atom stereocenters. The fraction of sp³-hybridized carbons (Fsp3) is 0.148.